The third-order valence-electron chi connectivity index (χ3n) is 3.13. The molecule has 0 saturated carbocycles. The van der Waals surface area contributed by atoms with Crippen LogP contribution in [0.5, 0.6) is 5.75 Å². The van der Waals surface area contributed by atoms with Crippen molar-refractivity contribution in [2.75, 3.05) is 20.2 Å². The number of ketones is 1. The van der Waals surface area contributed by atoms with E-state index in [1.165, 1.54) is 0 Å². The van der Waals surface area contributed by atoms with Crippen molar-refractivity contribution >= 4 is 5.78 Å². The van der Waals surface area contributed by atoms with Crippen LogP contribution in [0.2, 0.25) is 0 Å². The van der Waals surface area contributed by atoms with E-state index >= 15 is 0 Å². The molecular weight excluding hydrogens is 202 g/mol. The van der Waals surface area contributed by atoms with Gasteiger partial charge in [-0.25, -0.2) is 0 Å². The Balaban J connectivity index is 2.22. The summed E-state index contributed by atoms with van der Waals surface area (Å²) in [7, 11) is 1.64. The molecule has 0 radical (unpaired) electrons. The fraction of sp³-hybridized carbons (Fsp3) is 0.462. The molecule has 1 unspecified atom stereocenters. The summed E-state index contributed by atoms with van der Waals surface area (Å²) in [5.41, 5.74) is 1.82. The van der Waals surface area contributed by atoms with Crippen LogP contribution in [0.4, 0.5) is 0 Å². The van der Waals surface area contributed by atoms with Crippen molar-refractivity contribution in [1.82, 2.24) is 5.32 Å². The number of ether oxygens (including phenoxy) is 1. The number of benzene rings is 1. The lowest BCUT2D eigenvalue weighted by Gasteiger charge is -2.11. The number of methoxy groups -OCH3 is 1. The number of carbonyl (C=O) groups excluding carboxylic acids is 1. The summed E-state index contributed by atoms with van der Waals surface area (Å²) in [6, 6.07) is 5.63. The largest absolute Gasteiger partial charge is 0.497 e. The van der Waals surface area contributed by atoms with Gasteiger partial charge in [0.15, 0.2) is 5.78 Å². The van der Waals surface area contributed by atoms with Crippen LogP contribution in [0.1, 0.15) is 22.3 Å². The quantitative estimate of drug-likeness (QED) is 0.788. The number of hydrogen-bond acceptors (Lipinski definition) is 3. The summed E-state index contributed by atoms with van der Waals surface area (Å²) in [6.07, 6.45) is 0.949. The van der Waals surface area contributed by atoms with E-state index < -0.39 is 0 Å². The van der Waals surface area contributed by atoms with Crippen LogP contribution in [0.3, 0.4) is 0 Å². The van der Waals surface area contributed by atoms with Crippen LogP contribution in [-0.2, 0) is 0 Å². The minimum atomic E-state index is 0.145. The van der Waals surface area contributed by atoms with E-state index in [4.69, 9.17) is 4.74 Å². The average molecular weight is 219 g/mol. The van der Waals surface area contributed by atoms with Gasteiger partial charge in [0.2, 0.25) is 0 Å². The molecule has 1 heterocycles. The van der Waals surface area contributed by atoms with Crippen LogP contribution in [-0.4, -0.2) is 26.0 Å². The minimum absolute atomic E-state index is 0.145. The van der Waals surface area contributed by atoms with E-state index in [1.54, 1.807) is 7.11 Å². The van der Waals surface area contributed by atoms with Gasteiger partial charge in [-0.1, -0.05) is 0 Å². The van der Waals surface area contributed by atoms with Crippen LogP contribution in [0.15, 0.2) is 18.2 Å². The lowest BCUT2D eigenvalue weighted by Crippen LogP contribution is -2.18. The number of nitrogens with one attached hydrogen (secondary N) is 1. The fourth-order valence-electron chi connectivity index (χ4n) is 2.14. The molecule has 0 bridgehead atoms. The molecule has 0 aromatic heterocycles. The van der Waals surface area contributed by atoms with Gasteiger partial charge in [0.1, 0.15) is 5.75 Å². The summed E-state index contributed by atoms with van der Waals surface area (Å²) in [5, 5.41) is 3.22. The van der Waals surface area contributed by atoms with Gasteiger partial charge < -0.3 is 10.1 Å². The molecule has 1 aliphatic rings. The summed E-state index contributed by atoms with van der Waals surface area (Å²) in [6.45, 7) is 3.72. The molecule has 1 fully saturated rings. The molecule has 16 heavy (non-hydrogen) atoms. The molecule has 1 atom stereocenters. The molecular formula is C13H17NO2. The SMILES string of the molecule is COc1ccc(C(=O)C2CCNC2)c(C)c1. The molecule has 1 aromatic rings. The fourth-order valence-corrected chi connectivity index (χ4v) is 2.14. The minimum Gasteiger partial charge on any atom is -0.497 e. The third-order valence-corrected chi connectivity index (χ3v) is 3.13. The molecule has 2 rings (SSSR count). The second kappa shape index (κ2) is 4.66. The highest BCUT2D eigenvalue weighted by Gasteiger charge is 2.24. The van der Waals surface area contributed by atoms with Crippen LogP contribution >= 0.6 is 0 Å². The number of rotatable bonds is 3. The molecule has 1 saturated heterocycles. The van der Waals surface area contributed by atoms with E-state index in [-0.39, 0.29) is 11.7 Å². The first-order valence-corrected chi connectivity index (χ1v) is 5.62. The Kier molecular flexibility index (Phi) is 3.25. The maximum atomic E-state index is 12.2. The number of aryl methyl sites for hydroxylation is 1. The molecule has 3 nitrogen and oxygen atoms in total. The molecule has 1 aromatic carbocycles. The number of hydrogen-bond donors (Lipinski definition) is 1. The maximum absolute atomic E-state index is 12.2. The van der Waals surface area contributed by atoms with Gasteiger partial charge in [0.05, 0.1) is 7.11 Å². The van der Waals surface area contributed by atoms with E-state index in [9.17, 15) is 4.79 Å². The van der Waals surface area contributed by atoms with E-state index in [2.05, 4.69) is 5.32 Å². The maximum Gasteiger partial charge on any atom is 0.167 e. The van der Waals surface area contributed by atoms with Gasteiger partial charge in [-0.15, -0.1) is 0 Å². The highest BCUT2D eigenvalue weighted by molar-refractivity contribution is 5.99. The van der Waals surface area contributed by atoms with E-state index in [1.807, 2.05) is 25.1 Å². The standard InChI is InChI=1S/C13H17NO2/c1-9-7-11(16-2)3-4-12(9)13(15)10-5-6-14-8-10/h3-4,7,10,14H,5-6,8H2,1-2H3. The van der Waals surface area contributed by atoms with Crippen molar-refractivity contribution in [3.05, 3.63) is 29.3 Å². The predicted molar refractivity (Wildman–Crippen MR) is 63.0 cm³/mol. The van der Waals surface area contributed by atoms with Gasteiger partial charge in [-0.2, -0.15) is 0 Å². The molecule has 0 aliphatic carbocycles. The first kappa shape index (κ1) is 11.1. The lowest BCUT2D eigenvalue weighted by atomic mass is 9.94. The van der Waals surface area contributed by atoms with Crippen molar-refractivity contribution in [2.45, 2.75) is 13.3 Å². The number of Topliss-reactive ketones (excluding diaryl/α,β-unsaturated/α-hetero) is 1. The molecule has 0 amide bonds. The molecule has 86 valence electrons. The zero-order valence-electron chi connectivity index (χ0n) is 9.75. The van der Waals surface area contributed by atoms with Gasteiger partial charge >= 0.3 is 0 Å². The Labute approximate surface area is 95.8 Å². The van der Waals surface area contributed by atoms with Gasteiger partial charge in [-0.05, 0) is 43.7 Å². The Morgan fingerprint density at radius 2 is 2.31 bits per heavy atom. The normalized spacial score (nSPS) is 19.8. The summed E-state index contributed by atoms with van der Waals surface area (Å²) >= 11 is 0. The van der Waals surface area contributed by atoms with Crippen molar-refractivity contribution < 1.29 is 9.53 Å². The topological polar surface area (TPSA) is 38.3 Å². The molecule has 0 spiro atoms. The first-order chi connectivity index (χ1) is 7.72. The Morgan fingerprint density at radius 3 is 2.88 bits per heavy atom. The van der Waals surface area contributed by atoms with Crippen molar-refractivity contribution in [1.29, 1.82) is 0 Å². The second-order valence-electron chi connectivity index (χ2n) is 4.23. The van der Waals surface area contributed by atoms with Crippen molar-refractivity contribution in [3.63, 3.8) is 0 Å². The molecule has 1 aliphatic heterocycles. The summed E-state index contributed by atoms with van der Waals surface area (Å²) < 4.78 is 5.13. The zero-order valence-corrected chi connectivity index (χ0v) is 9.75. The predicted octanol–water partition coefficient (Wildman–Crippen LogP) is 1.80. The lowest BCUT2D eigenvalue weighted by molar-refractivity contribution is 0.0929. The first-order valence-electron chi connectivity index (χ1n) is 5.62. The van der Waals surface area contributed by atoms with Gasteiger partial charge in [0, 0.05) is 18.0 Å². The average Bonchev–Trinajstić information content (AvgIpc) is 2.81. The van der Waals surface area contributed by atoms with Gasteiger partial charge in [-0.3, -0.25) is 4.79 Å². The molecule has 3 heteroatoms. The highest BCUT2D eigenvalue weighted by atomic mass is 16.5. The molecule has 1 N–H and O–H groups in total. The zero-order chi connectivity index (χ0) is 11.5. The smallest absolute Gasteiger partial charge is 0.167 e. The van der Waals surface area contributed by atoms with Crippen molar-refractivity contribution in [3.8, 4) is 5.75 Å². The third kappa shape index (κ3) is 2.09. The van der Waals surface area contributed by atoms with E-state index in [0.29, 0.717) is 0 Å². The van der Waals surface area contributed by atoms with Crippen LogP contribution in [0.25, 0.3) is 0 Å². The second-order valence-corrected chi connectivity index (χ2v) is 4.23. The van der Waals surface area contributed by atoms with Gasteiger partial charge in [0.25, 0.3) is 0 Å². The Hall–Kier alpha value is -1.35. The summed E-state index contributed by atoms with van der Waals surface area (Å²) in [5.74, 6) is 1.20. The summed E-state index contributed by atoms with van der Waals surface area (Å²) in [4.78, 5) is 12.2. The van der Waals surface area contributed by atoms with E-state index in [0.717, 1.165) is 36.4 Å². The monoisotopic (exact) mass is 219 g/mol. The van der Waals surface area contributed by atoms with Crippen LogP contribution < -0.4 is 10.1 Å². The highest BCUT2D eigenvalue weighted by Crippen LogP contribution is 2.21. The number of carbonyl (C=O) groups is 1. The Morgan fingerprint density at radius 1 is 1.50 bits per heavy atom. The van der Waals surface area contributed by atoms with Crippen molar-refractivity contribution in [2.24, 2.45) is 5.92 Å². The van der Waals surface area contributed by atoms with Crippen LogP contribution in [0, 0.1) is 12.8 Å². The Bertz CT molecular complexity index is 395.